The molecular formula is C13H17BrN4OS. The highest BCUT2D eigenvalue weighted by atomic mass is 79.9. The molecule has 0 bridgehead atoms. The first-order valence-electron chi connectivity index (χ1n) is 6.30. The van der Waals surface area contributed by atoms with Crippen molar-refractivity contribution >= 4 is 27.7 Å². The van der Waals surface area contributed by atoms with E-state index in [1.54, 1.807) is 4.57 Å². The number of rotatable bonds is 5. The summed E-state index contributed by atoms with van der Waals surface area (Å²) in [6.45, 7) is 4.75. The molecule has 0 saturated heterocycles. The van der Waals surface area contributed by atoms with E-state index in [2.05, 4.69) is 43.6 Å². The van der Waals surface area contributed by atoms with Gasteiger partial charge in [0.25, 0.3) is 0 Å². The Labute approximate surface area is 130 Å². The summed E-state index contributed by atoms with van der Waals surface area (Å²) in [5.41, 5.74) is 1.03. The number of nitrogens with one attached hydrogen (secondary N) is 2. The van der Waals surface area contributed by atoms with Crippen LogP contribution in [0.15, 0.2) is 37.5 Å². The second kappa shape index (κ2) is 6.60. The van der Waals surface area contributed by atoms with Crippen LogP contribution in [0.25, 0.3) is 0 Å². The van der Waals surface area contributed by atoms with Crippen LogP contribution in [0.5, 0.6) is 0 Å². The topological polar surface area (TPSA) is 62.7 Å². The molecule has 2 N–H and O–H groups in total. The predicted molar refractivity (Wildman–Crippen MR) is 84.3 cm³/mol. The molecule has 0 atom stereocenters. The molecule has 5 nitrogen and oxygen atoms in total. The van der Waals surface area contributed by atoms with Crippen molar-refractivity contribution in [2.45, 2.75) is 36.5 Å². The van der Waals surface area contributed by atoms with Gasteiger partial charge in [-0.1, -0.05) is 6.07 Å². The molecule has 0 unspecified atom stereocenters. The fourth-order valence-corrected chi connectivity index (χ4v) is 3.50. The van der Waals surface area contributed by atoms with Crippen molar-refractivity contribution in [2.75, 3.05) is 7.05 Å². The van der Waals surface area contributed by atoms with Gasteiger partial charge in [0.05, 0.1) is 0 Å². The van der Waals surface area contributed by atoms with Crippen LogP contribution in [0.2, 0.25) is 0 Å². The number of halogens is 1. The van der Waals surface area contributed by atoms with Crippen LogP contribution in [0, 0.1) is 0 Å². The van der Waals surface area contributed by atoms with E-state index in [0.717, 1.165) is 15.9 Å². The molecule has 2 rings (SSSR count). The summed E-state index contributed by atoms with van der Waals surface area (Å²) in [6, 6.07) is 6.24. The van der Waals surface area contributed by atoms with E-state index in [0.29, 0.717) is 5.16 Å². The van der Waals surface area contributed by atoms with Crippen molar-refractivity contribution in [3.63, 3.8) is 0 Å². The average Bonchev–Trinajstić information content (AvgIpc) is 2.74. The number of hydrogen-bond acceptors (Lipinski definition) is 4. The van der Waals surface area contributed by atoms with Gasteiger partial charge in [-0.25, -0.2) is 9.89 Å². The summed E-state index contributed by atoms with van der Waals surface area (Å²) < 4.78 is 2.65. The van der Waals surface area contributed by atoms with Crippen LogP contribution in [0.3, 0.4) is 0 Å². The van der Waals surface area contributed by atoms with E-state index in [1.165, 1.54) is 17.3 Å². The van der Waals surface area contributed by atoms with Crippen molar-refractivity contribution in [1.82, 2.24) is 20.1 Å². The highest BCUT2D eigenvalue weighted by Gasteiger charge is 2.14. The third-order valence-corrected chi connectivity index (χ3v) is 4.73. The lowest BCUT2D eigenvalue weighted by atomic mass is 10.2. The highest BCUT2D eigenvalue weighted by molar-refractivity contribution is 9.10. The smallest absolute Gasteiger partial charge is 0.316 e. The monoisotopic (exact) mass is 356 g/mol. The molecule has 1 aromatic carbocycles. The number of nitrogens with zero attached hydrogens (tertiary/aromatic N) is 2. The average molecular weight is 357 g/mol. The van der Waals surface area contributed by atoms with Crippen molar-refractivity contribution in [1.29, 1.82) is 0 Å². The zero-order valence-corrected chi connectivity index (χ0v) is 14.0. The Morgan fingerprint density at radius 3 is 2.85 bits per heavy atom. The van der Waals surface area contributed by atoms with Gasteiger partial charge >= 0.3 is 5.69 Å². The highest BCUT2D eigenvalue weighted by Crippen LogP contribution is 2.33. The lowest BCUT2D eigenvalue weighted by Crippen LogP contribution is -2.19. The first-order valence-corrected chi connectivity index (χ1v) is 7.91. The summed E-state index contributed by atoms with van der Waals surface area (Å²) in [4.78, 5) is 12.7. The molecule has 0 radical (unpaired) electrons. The van der Waals surface area contributed by atoms with Gasteiger partial charge < -0.3 is 5.32 Å². The van der Waals surface area contributed by atoms with Gasteiger partial charge in [0.15, 0.2) is 5.16 Å². The van der Waals surface area contributed by atoms with Gasteiger partial charge in [0.2, 0.25) is 0 Å². The number of aromatic nitrogens is 3. The standard InChI is InChI=1S/C13H17BrN4OS/c1-8(2)18-12(19)16-17-13(18)20-11-5-4-9(7-15-3)6-10(11)14/h4-6,8,15H,7H2,1-3H3,(H,16,19). The van der Waals surface area contributed by atoms with E-state index >= 15 is 0 Å². The second-order valence-electron chi connectivity index (χ2n) is 4.67. The van der Waals surface area contributed by atoms with Crippen molar-refractivity contribution < 1.29 is 0 Å². The van der Waals surface area contributed by atoms with Gasteiger partial charge in [0, 0.05) is 22.0 Å². The van der Waals surface area contributed by atoms with Crippen molar-refractivity contribution in [3.8, 4) is 0 Å². The maximum absolute atomic E-state index is 11.7. The van der Waals surface area contributed by atoms with Crippen molar-refractivity contribution in [2.24, 2.45) is 0 Å². The summed E-state index contributed by atoms with van der Waals surface area (Å²) in [7, 11) is 1.92. The van der Waals surface area contributed by atoms with Crippen LogP contribution in [-0.4, -0.2) is 21.8 Å². The minimum Gasteiger partial charge on any atom is -0.316 e. The molecule has 0 amide bonds. The minimum atomic E-state index is -0.176. The fourth-order valence-electron chi connectivity index (χ4n) is 1.86. The van der Waals surface area contributed by atoms with Crippen LogP contribution < -0.4 is 11.0 Å². The molecule has 108 valence electrons. The summed E-state index contributed by atoms with van der Waals surface area (Å²) in [6.07, 6.45) is 0. The normalized spacial score (nSPS) is 11.2. The third kappa shape index (κ3) is 3.34. The number of hydrogen-bond donors (Lipinski definition) is 2. The molecule has 7 heteroatoms. The molecule has 0 spiro atoms. The number of H-pyrrole nitrogens is 1. The first-order chi connectivity index (χ1) is 9.52. The van der Waals surface area contributed by atoms with E-state index in [4.69, 9.17) is 0 Å². The number of aromatic amines is 1. The fraction of sp³-hybridized carbons (Fsp3) is 0.385. The van der Waals surface area contributed by atoms with E-state index in [1.807, 2.05) is 27.0 Å². The predicted octanol–water partition coefficient (Wildman–Crippen LogP) is 2.79. The van der Waals surface area contributed by atoms with Crippen LogP contribution in [-0.2, 0) is 6.54 Å². The lowest BCUT2D eigenvalue weighted by Gasteiger charge is -2.10. The lowest BCUT2D eigenvalue weighted by molar-refractivity contribution is 0.534. The largest absolute Gasteiger partial charge is 0.344 e. The van der Waals surface area contributed by atoms with Crippen LogP contribution in [0.1, 0.15) is 25.5 Å². The molecular weight excluding hydrogens is 340 g/mol. The Hall–Kier alpha value is -1.05. The Bertz CT molecular complexity index is 650. The maximum atomic E-state index is 11.7. The van der Waals surface area contributed by atoms with Gasteiger partial charge in [-0.2, -0.15) is 0 Å². The van der Waals surface area contributed by atoms with Gasteiger partial charge in [-0.05, 0) is 66.3 Å². The van der Waals surface area contributed by atoms with E-state index in [-0.39, 0.29) is 11.7 Å². The molecule has 0 aliphatic heterocycles. The maximum Gasteiger partial charge on any atom is 0.344 e. The van der Waals surface area contributed by atoms with Gasteiger partial charge in [-0.15, -0.1) is 5.10 Å². The third-order valence-electron chi connectivity index (χ3n) is 2.77. The zero-order chi connectivity index (χ0) is 14.7. The summed E-state index contributed by atoms with van der Waals surface area (Å²) in [5, 5.41) is 10.4. The van der Waals surface area contributed by atoms with Gasteiger partial charge in [0.1, 0.15) is 0 Å². The van der Waals surface area contributed by atoms with E-state index < -0.39 is 0 Å². The molecule has 1 aromatic heterocycles. The number of benzene rings is 1. The minimum absolute atomic E-state index is 0.0751. The summed E-state index contributed by atoms with van der Waals surface area (Å²) >= 11 is 5.04. The molecule has 0 aliphatic carbocycles. The molecule has 20 heavy (non-hydrogen) atoms. The van der Waals surface area contributed by atoms with Gasteiger partial charge in [-0.3, -0.25) is 4.57 Å². The Kier molecular flexibility index (Phi) is 5.06. The quantitative estimate of drug-likeness (QED) is 0.864. The zero-order valence-electron chi connectivity index (χ0n) is 11.6. The molecule has 0 fully saturated rings. The molecule has 0 aliphatic rings. The van der Waals surface area contributed by atoms with Crippen LogP contribution in [0.4, 0.5) is 0 Å². The van der Waals surface area contributed by atoms with E-state index in [9.17, 15) is 4.79 Å². The second-order valence-corrected chi connectivity index (χ2v) is 6.54. The Morgan fingerprint density at radius 2 is 2.25 bits per heavy atom. The molecule has 0 saturated carbocycles. The van der Waals surface area contributed by atoms with Crippen LogP contribution >= 0.6 is 27.7 Å². The first kappa shape index (κ1) is 15.3. The Morgan fingerprint density at radius 1 is 1.50 bits per heavy atom. The van der Waals surface area contributed by atoms with Crippen molar-refractivity contribution in [3.05, 3.63) is 38.7 Å². The molecule has 2 aromatic rings. The Balaban J connectivity index is 2.29. The summed E-state index contributed by atoms with van der Waals surface area (Å²) in [5.74, 6) is 0. The molecule has 1 heterocycles. The SMILES string of the molecule is CNCc1ccc(Sc2n[nH]c(=O)n2C(C)C)c(Br)c1.